The molecule has 16 heavy (non-hydrogen) atoms. The van der Waals surface area contributed by atoms with E-state index in [-0.39, 0.29) is 0 Å². The molecular formula is C12H12N2O2. The van der Waals surface area contributed by atoms with E-state index in [4.69, 9.17) is 10.5 Å². The van der Waals surface area contributed by atoms with E-state index in [9.17, 15) is 4.79 Å². The molecule has 4 heteroatoms. The minimum Gasteiger partial charge on any atom is -0.497 e. The second-order valence-electron chi connectivity index (χ2n) is 3.56. The Balaban J connectivity index is 2.80. The summed E-state index contributed by atoms with van der Waals surface area (Å²) in [5, 5.41) is 0.720. The standard InChI is InChI=1S/C12H12N2O2/c1-7-5-10(12(13)15)9-6-8(16-2)3-4-11(9)14-7/h3-6H,1-2H3,(H2,13,15). The summed E-state index contributed by atoms with van der Waals surface area (Å²) in [6.07, 6.45) is 0. The summed E-state index contributed by atoms with van der Waals surface area (Å²) in [7, 11) is 1.58. The van der Waals surface area contributed by atoms with E-state index < -0.39 is 5.91 Å². The van der Waals surface area contributed by atoms with Gasteiger partial charge in [-0.05, 0) is 31.2 Å². The Morgan fingerprint density at radius 2 is 2.12 bits per heavy atom. The number of hydrogen-bond donors (Lipinski definition) is 1. The summed E-state index contributed by atoms with van der Waals surface area (Å²) in [4.78, 5) is 15.7. The van der Waals surface area contributed by atoms with E-state index in [1.54, 1.807) is 25.3 Å². The first-order chi connectivity index (χ1) is 7.61. The van der Waals surface area contributed by atoms with Crippen LogP contribution in [0.3, 0.4) is 0 Å². The molecule has 82 valence electrons. The minimum atomic E-state index is -0.455. The zero-order valence-electron chi connectivity index (χ0n) is 9.15. The third-order valence-corrected chi connectivity index (χ3v) is 2.41. The molecule has 0 unspecified atom stereocenters. The van der Waals surface area contributed by atoms with Crippen molar-refractivity contribution in [2.24, 2.45) is 5.73 Å². The van der Waals surface area contributed by atoms with Gasteiger partial charge in [-0.15, -0.1) is 0 Å². The van der Waals surface area contributed by atoms with Gasteiger partial charge in [-0.2, -0.15) is 0 Å². The van der Waals surface area contributed by atoms with Crippen molar-refractivity contribution < 1.29 is 9.53 Å². The fraction of sp³-hybridized carbons (Fsp3) is 0.167. The van der Waals surface area contributed by atoms with Crippen molar-refractivity contribution in [1.82, 2.24) is 4.98 Å². The maximum absolute atomic E-state index is 11.3. The topological polar surface area (TPSA) is 65.2 Å². The molecule has 0 spiro atoms. The first kappa shape index (κ1) is 10.4. The van der Waals surface area contributed by atoms with Crippen molar-refractivity contribution in [3.8, 4) is 5.75 Å². The summed E-state index contributed by atoms with van der Waals surface area (Å²) in [6, 6.07) is 7.07. The van der Waals surface area contributed by atoms with Crippen LogP contribution in [0.5, 0.6) is 5.75 Å². The molecule has 0 fully saturated rings. The van der Waals surface area contributed by atoms with Gasteiger partial charge in [0.2, 0.25) is 5.91 Å². The predicted molar refractivity (Wildman–Crippen MR) is 61.5 cm³/mol. The summed E-state index contributed by atoms with van der Waals surface area (Å²) in [5.74, 6) is 0.226. The number of hydrogen-bond acceptors (Lipinski definition) is 3. The number of rotatable bonds is 2. The number of carbonyl (C=O) groups excluding carboxylic acids is 1. The van der Waals surface area contributed by atoms with Gasteiger partial charge in [0, 0.05) is 11.1 Å². The number of benzene rings is 1. The third kappa shape index (κ3) is 1.69. The molecule has 0 bridgehead atoms. The normalized spacial score (nSPS) is 10.4. The second-order valence-corrected chi connectivity index (χ2v) is 3.56. The number of nitrogens with two attached hydrogens (primary N) is 1. The lowest BCUT2D eigenvalue weighted by atomic mass is 10.1. The molecule has 0 atom stereocenters. The highest BCUT2D eigenvalue weighted by Gasteiger charge is 2.09. The second kappa shape index (κ2) is 3.81. The zero-order chi connectivity index (χ0) is 11.7. The number of ether oxygens (including phenoxy) is 1. The zero-order valence-corrected chi connectivity index (χ0v) is 9.15. The molecule has 1 amide bonds. The SMILES string of the molecule is COc1ccc2nc(C)cc(C(N)=O)c2c1. The van der Waals surface area contributed by atoms with Gasteiger partial charge in [-0.25, -0.2) is 0 Å². The van der Waals surface area contributed by atoms with Gasteiger partial charge in [-0.3, -0.25) is 9.78 Å². The Morgan fingerprint density at radius 3 is 2.75 bits per heavy atom. The lowest BCUT2D eigenvalue weighted by Crippen LogP contribution is -2.12. The molecule has 1 aromatic carbocycles. The van der Waals surface area contributed by atoms with Crippen LogP contribution in [0.2, 0.25) is 0 Å². The number of primary amides is 1. The van der Waals surface area contributed by atoms with Crippen molar-refractivity contribution >= 4 is 16.8 Å². The van der Waals surface area contributed by atoms with Crippen LogP contribution in [0.25, 0.3) is 10.9 Å². The average molecular weight is 216 g/mol. The van der Waals surface area contributed by atoms with E-state index in [0.717, 1.165) is 16.6 Å². The number of pyridine rings is 1. The molecule has 2 rings (SSSR count). The van der Waals surface area contributed by atoms with Gasteiger partial charge in [0.25, 0.3) is 0 Å². The summed E-state index contributed by atoms with van der Waals surface area (Å²) in [6.45, 7) is 1.83. The first-order valence-corrected chi connectivity index (χ1v) is 4.87. The van der Waals surface area contributed by atoms with Crippen LogP contribution in [-0.4, -0.2) is 18.0 Å². The molecule has 1 aromatic heterocycles. The molecule has 0 radical (unpaired) electrons. The van der Waals surface area contributed by atoms with Crippen molar-refractivity contribution in [3.05, 3.63) is 35.5 Å². The van der Waals surface area contributed by atoms with E-state index in [0.29, 0.717) is 11.3 Å². The number of fused-ring (bicyclic) bond motifs is 1. The summed E-state index contributed by atoms with van der Waals surface area (Å²) in [5.41, 5.74) is 7.32. The number of carbonyl (C=O) groups is 1. The molecule has 2 aromatic rings. The van der Waals surface area contributed by atoms with Crippen LogP contribution < -0.4 is 10.5 Å². The van der Waals surface area contributed by atoms with Crippen LogP contribution in [0.1, 0.15) is 16.1 Å². The first-order valence-electron chi connectivity index (χ1n) is 4.87. The van der Waals surface area contributed by atoms with Crippen LogP contribution in [-0.2, 0) is 0 Å². The molecule has 4 nitrogen and oxygen atoms in total. The van der Waals surface area contributed by atoms with E-state index in [1.165, 1.54) is 0 Å². The number of amides is 1. The van der Waals surface area contributed by atoms with Gasteiger partial charge in [-0.1, -0.05) is 0 Å². The molecule has 1 heterocycles. The number of aromatic nitrogens is 1. The highest BCUT2D eigenvalue weighted by atomic mass is 16.5. The number of nitrogens with zero attached hydrogens (tertiary/aromatic N) is 1. The van der Waals surface area contributed by atoms with Crippen LogP contribution in [0, 0.1) is 6.92 Å². The highest BCUT2D eigenvalue weighted by Crippen LogP contribution is 2.23. The lowest BCUT2D eigenvalue weighted by Gasteiger charge is -2.06. The fourth-order valence-electron chi connectivity index (χ4n) is 1.67. The van der Waals surface area contributed by atoms with E-state index in [2.05, 4.69) is 4.98 Å². The minimum absolute atomic E-state index is 0.455. The summed E-state index contributed by atoms with van der Waals surface area (Å²) < 4.78 is 5.11. The fourth-order valence-corrected chi connectivity index (χ4v) is 1.67. The highest BCUT2D eigenvalue weighted by molar-refractivity contribution is 6.05. The van der Waals surface area contributed by atoms with E-state index in [1.807, 2.05) is 13.0 Å². The van der Waals surface area contributed by atoms with Gasteiger partial charge in [0.05, 0.1) is 18.2 Å². The molecule has 0 aliphatic carbocycles. The number of methoxy groups -OCH3 is 1. The van der Waals surface area contributed by atoms with E-state index >= 15 is 0 Å². The Labute approximate surface area is 93.0 Å². The van der Waals surface area contributed by atoms with Crippen molar-refractivity contribution in [2.45, 2.75) is 6.92 Å². The maximum atomic E-state index is 11.3. The quantitative estimate of drug-likeness (QED) is 0.830. The molecule has 2 N–H and O–H groups in total. The van der Waals surface area contributed by atoms with Gasteiger partial charge < -0.3 is 10.5 Å². The van der Waals surface area contributed by atoms with Crippen molar-refractivity contribution in [1.29, 1.82) is 0 Å². The molecule has 0 saturated heterocycles. The molecule has 0 saturated carbocycles. The average Bonchev–Trinajstić information content (AvgIpc) is 2.27. The predicted octanol–water partition coefficient (Wildman–Crippen LogP) is 1.65. The maximum Gasteiger partial charge on any atom is 0.249 e. The number of aryl methyl sites for hydroxylation is 1. The Morgan fingerprint density at radius 1 is 1.38 bits per heavy atom. The largest absolute Gasteiger partial charge is 0.497 e. The van der Waals surface area contributed by atoms with Crippen LogP contribution in [0.4, 0.5) is 0 Å². The molecule has 0 aliphatic heterocycles. The molecule has 0 aliphatic rings. The Bertz CT molecular complexity index is 564. The van der Waals surface area contributed by atoms with Gasteiger partial charge >= 0.3 is 0 Å². The third-order valence-electron chi connectivity index (χ3n) is 2.41. The Hall–Kier alpha value is -2.10. The monoisotopic (exact) mass is 216 g/mol. The molecular weight excluding hydrogens is 204 g/mol. The van der Waals surface area contributed by atoms with Gasteiger partial charge in [0.1, 0.15) is 5.75 Å². The smallest absolute Gasteiger partial charge is 0.249 e. The Kier molecular flexibility index (Phi) is 2.48. The lowest BCUT2D eigenvalue weighted by molar-refractivity contribution is 0.100. The van der Waals surface area contributed by atoms with Crippen molar-refractivity contribution in [2.75, 3.05) is 7.11 Å². The van der Waals surface area contributed by atoms with Crippen LogP contribution in [0.15, 0.2) is 24.3 Å². The van der Waals surface area contributed by atoms with Crippen molar-refractivity contribution in [3.63, 3.8) is 0 Å². The summed E-state index contributed by atoms with van der Waals surface area (Å²) >= 11 is 0. The van der Waals surface area contributed by atoms with Gasteiger partial charge in [0.15, 0.2) is 0 Å². The van der Waals surface area contributed by atoms with Crippen LogP contribution >= 0.6 is 0 Å².